The summed E-state index contributed by atoms with van der Waals surface area (Å²) in [6.07, 6.45) is 9.87. The zero-order valence-electron chi connectivity index (χ0n) is 15.4. The van der Waals surface area contributed by atoms with Gasteiger partial charge in [-0.15, -0.1) is 0 Å². The molecule has 0 aliphatic heterocycles. The maximum Gasteiger partial charge on any atom is 0.243 e. The summed E-state index contributed by atoms with van der Waals surface area (Å²) >= 11 is 0. The lowest BCUT2D eigenvalue weighted by atomic mass is 9.70. The van der Waals surface area contributed by atoms with Crippen molar-refractivity contribution in [2.45, 2.75) is 79.1 Å². The van der Waals surface area contributed by atoms with Crippen LogP contribution in [-0.2, 0) is 4.79 Å². The Morgan fingerprint density at radius 2 is 1.70 bits per heavy atom. The van der Waals surface area contributed by atoms with Crippen LogP contribution in [0.5, 0.6) is 0 Å². The highest BCUT2D eigenvalue weighted by Gasteiger charge is 2.40. The van der Waals surface area contributed by atoms with Gasteiger partial charge in [-0.1, -0.05) is 27.2 Å². The fraction of sp³-hybridized carbons (Fsp3) is 0.900. The first-order valence-corrected chi connectivity index (χ1v) is 9.68. The number of amides is 1. The number of carbonyl (C=O) groups is 1. The molecule has 0 spiro atoms. The molecule has 0 unspecified atom stereocenters. The maximum atomic E-state index is 12.4. The number of hydrogen-bond donors (Lipinski definition) is 1. The van der Waals surface area contributed by atoms with Gasteiger partial charge in [0.25, 0.3) is 0 Å². The van der Waals surface area contributed by atoms with Gasteiger partial charge in [-0.3, -0.25) is 4.79 Å². The zero-order chi connectivity index (χ0) is 16.6. The number of hydrogen-bond acceptors (Lipinski definition) is 2. The first-order valence-electron chi connectivity index (χ1n) is 9.68. The summed E-state index contributed by atoms with van der Waals surface area (Å²) in [6.45, 7) is 9.07. The minimum atomic E-state index is 0.153. The van der Waals surface area contributed by atoms with Gasteiger partial charge in [-0.05, 0) is 75.0 Å². The molecule has 3 saturated carbocycles. The summed E-state index contributed by atoms with van der Waals surface area (Å²) in [7, 11) is 0. The van der Waals surface area contributed by atoms with Gasteiger partial charge in [0, 0.05) is 17.5 Å². The molecule has 0 saturated heterocycles. The molecule has 0 aromatic carbocycles. The second kappa shape index (κ2) is 6.57. The molecule has 0 aromatic heterocycles. The van der Waals surface area contributed by atoms with Gasteiger partial charge in [0.1, 0.15) is 0 Å². The average Bonchev–Trinajstić information content (AvgIpc) is 3.14. The third kappa shape index (κ3) is 3.80. The normalized spacial score (nSPS) is 37.9. The summed E-state index contributed by atoms with van der Waals surface area (Å²) < 4.78 is 0. The number of fused-ring (bicyclic) bond motifs is 2. The lowest BCUT2D eigenvalue weighted by Crippen LogP contribution is -2.34. The van der Waals surface area contributed by atoms with Crippen LogP contribution in [0.1, 0.15) is 79.1 Å². The van der Waals surface area contributed by atoms with E-state index in [0.717, 1.165) is 36.3 Å². The van der Waals surface area contributed by atoms with E-state index in [9.17, 15) is 4.79 Å². The van der Waals surface area contributed by atoms with Gasteiger partial charge in [-0.2, -0.15) is 5.10 Å². The predicted octanol–water partition coefficient (Wildman–Crippen LogP) is 4.77. The monoisotopic (exact) mass is 318 g/mol. The molecule has 3 rings (SSSR count). The van der Waals surface area contributed by atoms with Crippen LogP contribution >= 0.6 is 0 Å². The number of hydrazone groups is 1. The molecule has 0 radical (unpaired) electrons. The van der Waals surface area contributed by atoms with Crippen molar-refractivity contribution in [1.29, 1.82) is 0 Å². The smallest absolute Gasteiger partial charge is 0.243 e. The Hall–Kier alpha value is -0.860. The molecule has 3 heteroatoms. The topological polar surface area (TPSA) is 41.5 Å². The van der Waals surface area contributed by atoms with E-state index in [4.69, 9.17) is 0 Å². The Morgan fingerprint density at radius 1 is 1.00 bits per heavy atom. The van der Waals surface area contributed by atoms with E-state index in [1.54, 1.807) is 0 Å². The van der Waals surface area contributed by atoms with Gasteiger partial charge in [0.2, 0.25) is 5.91 Å². The number of nitrogens with one attached hydrogen (secondary N) is 1. The van der Waals surface area contributed by atoms with Crippen molar-refractivity contribution >= 4 is 11.6 Å². The van der Waals surface area contributed by atoms with Crippen molar-refractivity contribution in [2.24, 2.45) is 40.1 Å². The summed E-state index contributed by atoms with van der Waals surface area (Å²) in [5.41, 5.74) is 4.43. The molecular weight excluding hydrogens is 284 g/mol. The van der Waals surface area contributed by atoms with Crippen LogP contribution in [0.4, 0.5) is 0 Å². The van der Waals surface area contributed by atoms with Crippen molar-refractivity contribution in [3.63, 3.8) is 0 Å². The Morgan fingerprint density at radius 3 is 2.22 bits per heavy atom. The van der Waals surface area contributed by atoms with Crippen molar-refractivity contribution in [3.05, 3.63) is 0 Å². The molecule has 3 aliphatic rings. The highest BCUT2D eigenvalue weighted by atomic mass is 16.2. The molecule has 1 N–H and O–H groups in total. The lowest BCUT2D eigenvalue weighted by molar-refractivity contribution is -0.126. The van der Waals surface area contributed by atoms with E-state index in [2.05, 4.69) is 38.2 Å². The molecule has 2 bridgehead atoms. The van der Waals surface area contributed by atoms with Gasteiger partial charge < -0.3 is 0 Å². The van der Waals surface area contributed by atoms with Crippen LogP contribution in [0.25, 0.3) is 0 Å². The molecule has 3 fully saturated rings. The standard InChI is InChI=1S/C20H34N2O/c1-13(18-12-14-5-6-16(18)11-14)21-22-19(23)15-7-9-17(10-8-15)20(2,3)4/h14-18H,5-12H2,1-4H3,(H,22,23)/b21-13+/t14-,15?,16+,17?,18+/m0/s1. The Bertz CT molecular complexity index is 469. The van der Waals surface area contributed by atoms with Crippen molar-refractivity contribution in [3.8, 4) is 0 Å². The maximum absolute atomic E-state index is 12.4. The second-order valence-corrected chi connectivity index (χ2v) is 9.43. The Kier molecular flexibility index (Phi) is 4.85. The van der Waals surface area contributed by atoms with Crippen LogP contribution in [-0.4, -0.2) is 11.6 Å². The summed E-state index contributed by atoms with van der Waals surface area (Å²) in [5, 5.41) is 4.48. The molecule has 130 valence electrons. The Labute approximate surface area is 141 Å². The lowest BCUT2D eigenvalue weighted by Gasteiger charge is -2.36. The zero-order valence-corrected chi connectivity index (χ0v) is 15.4. The van der Waals surface area contributed by atoms with Crippen molar-refractivity contribution < 1.29 is 4.79 Å². The summed E-state index contributed by atoms with van der Waals surface area (Å²) in [4.78, 5) is 12.4. The van der Waals surface area contributed by atoms with E-state index in [0.29, 0.717) is 11.3 Å². The van der Waals surface area contributed by atoms with Crippen molar-refractivity contribution in [2.75, 3.05) is 0 Å². The van der Waals surface area contributed by atoms with Gasteiger partial charge in [-0.25, -0.2) is 5.43 Å². The molecule has 0 aromatic rings. The SMILES string of the molecule is C/C(=N\NC(=O)C1CCC(C(C)(C)C)CC1)[C@H]1C[C@H]2CC[C@@H]1C2. The highest BCUT2D eigenvalue weighted by molar-refractivity contribution is 5.87. The van der Waals surface area contributed by atoms with Crippen LogP contribution in [0.15, 0.2) is 5.10 Å². The van der Waals surface area contributed by atoms with Crippen LogP contribution in [0, 0.1) is 35.0 Å². The minimum absolute atomic E-state index is 0.153. The molecular formula is C20H34N2O. The van der Waals surface area contributed by atoms with E-state index < -0.39 is 0 Å². The van der Waals surface area contributed by atoms with Crippen molar-refractivity contribution in [1.82, 2.24) is 5.43 Å². The van der Waals surface area contributed by atoms with E-state index in [-0.39, 0.29) is 11.8 Å². The highest BCUT2D eigenvalue weighted by Crippen LogP contribution is 2.48. The van der Waals surface area contributed by atoms with Gasteiger partial charge in [0.05, 0.1) is 0 Å². The largest absolute Gasteiger partial charge is 0.273 e. The molecule has 0 heterocycles. The third-order valence-electron chi connectivity index (χ3n) is 6.94. The number of rotatable bonds is 3. The van der Waals surface area contributed by atoms with E-state index >= 15 is 0 Å². The molecule has 3 nitrogen and oxygen atoms in total. The second-order valence-electron chi connectivity index (χ2n) is 9.43. The minimum Gasteiger partial charge on any atom is -0.273 e. The van der Waals surface area contributed by atoms with E-state index in [1.165, 1.54) is 38.5 Å². The molecule has 3 atom stereocenters. The van der Waals surface area contributed by atoms with Crippen LogP contribution in [0.3, 0.4) is 0 Å². The predicted molar refractivity (Wildman–Crippen MR) is 95.1 cm³/mol. The van der Waals surface area contributed by atoms with Crippen LogP contribution < -0.4 is 5.43 Å². The fourth-order valence-electron chi connectivity index (χ4n) is 5.30. The first kappa shape index (κ1) is 17.0. The average molecular weight is 319 g/mol. The van der Waals surface area contributed by atoms with Gasteiger partial charge in [0.15, 0.2) is 0 Å². The molecule has 23 heavy (non-hydrogen) atoms. The molecule has 1 amide bonds. The fourth-order valence-corrected chi connectivity index (χ4v) is 5.30. The quantitative estimate of drug-likeness (QED) is 0.591. The number of carbonyl (C=O) groups excluding carboxylic acids is 1. The summed E-state index contributed by atoms with van der Waals surface area (Å²) in [5.74, 6) is 3.47. The van der Waals surface area contributed by atoms with Crippen LogP contribution in [0.2, 0.25) is 0 Å². The Balaban J connectivity index is 1.47. The van der Waals surface area contributed by atoms with E-state index in [1.807, 2.05) is 0 Å². The van der Waals surface area contributed by atoms with Gasteiger partial charge >= 0.3 is 0 Å². The molecule has 3 aliphatic carbocycles. The number of nitrogens with zero attached hydrogens (tertiary/aromatic N) is 1. The first-order chi connectivity index (χ1) is 10.8. The summed E-state index contributed by atoms with van der Waals surface area (Å²) in [6, 6.07) is 0. The third-order valence-corrected chi connectivity index (χ3v) is 6.94.